The van der Waals surface area contributed by atoms with E-state index < -0.39 is 0 Å². The van der Waals surface area contributed by atoms with Crippen molar-refractivity contribution in [3.63, 3.8) is 0 Å². The van der Waals surface area contributed by atoms with Gasteiger partial charge in [-0.3, -0.25) is 4.79 Å². The number of hydrogen-bond acceptors (Lipinski definition) is 4. The molecule has 5 rings (SSSR count). The molecule has 0 saturated carbocycles. The fraction of sp³-hybridized carbons (Fsp3) is 0.348. The number of aryl methyl sites for hydroxylation is 2. The van der Waals surface area contributed by atoms with Crippen LogP contribution in [0.2, 0.25) is 0 Å². The van der Waals surface area contributed by atoms with Gasteiger partial charge < -0.3 is 9.47 Å². The topological polar surface area (TPSA) is 51.0 Å². The van der Waals surface area contributed by atoms with Crippen molar-refractivity contribution in [2.45, 2.75) is 33.2 Å². The van der Waals surface area contributed by atoms with E-state index in [9.17, 15) is 4.79 Å². The molecule has 29 heavy (non-hydrogen) atoms. The van der Waals surface area contributed by atoms with Gasteiger partial charge in [0.05, 0.1) is 33.1 Å². The molecule has 0 unspecified atom stereocenters. The standard InChI is InChI=1S/C23H24N4OS/c1-15-9-20-21(10-16(15)2)27(13-24-20)12-17-5-7-26(8-6-17)23(28)18-3-4-19-22(11-18)29-14-25-19/h3-4,9-11,13-14,17H,5-8,12H2,1-2H3. The van der Waals surface area contributed by atoms with Gasteiger partial charge in [0.2, 0.25) is 0 Å². The zero-order valence-electron chi connectivity index (χ0n) is 16.8. The summed E-state index contributed by atoms with van der Waals surface area (Å²) in [5.74, 6) is 0.708. The second kappa shape index (κ2) is 7.26. The highest BCUT2D eigenvalue weighted by atomic mass is 32.1. The van der Waals surface area contributed by atoms with E-state index in [0.717, 1.165) is 53.8 Å². The number of thiazole rings is 1. The number of hydrogen-bond donors (Lipinski definition) is 0. The molecule has 5 nitrogen and oxygen atoms in total. The van der Waals surface area contributed by atoms with Crippen LogP contribution in [0, 0.1) is 19.8 Å². The molecule has 0 aliphatic carbocycles. The van der Waals surface area contributed by atoms with Crippen LogP contribution >= 0.6 is 11.3 Å². The number of carbonyl (C=O) groups is 1. The molecule has 2 aromatic heterocycles. The third kappa shape index (κ3) is 3.42. The number of benzene rings is 2. The zero-order chi connectivity index (χ0) is 20.0. The van der Waals surface area contributed by atoms with Gasteiger partial charge in [0, 0.05) is 25.2 Å². The first-order valence-corrected chi connectivity index (χ1v) is 11.0. The van der Waals surface area contributed by atoms with Crippen LogP contribution in [0.1, 0.15) is 34.3 Å². The lowest BCUT2D eigenvalue weighted by Crippen LogP contribution is -2.39. The van der Waals surface area contributed by atoms with Crippen LogP contribution in [-0.2, 0) is 6.54 Å². The maximum atomic E-state index is 12.9. The molecule has 4 aromatic rings. The number of piperidine rings is 1. The fourth-order valence-corrected chi connectivity index (χ4v) is 4.94. The lowest BCUT2D eigenvalue weighted by atomic mass is 9.96. The van der Waals surface area contributed by atoms with Crippen molar-refractivity contribution in [2.75, 3.05) is 13.1 Å². The lowest BCUT2D eigenvalue weighted by molar-refractivity contribution is 0.0683. The zero-order valence-corrected chi connectivity index (χ0v) is 17.6. The SMILES string of the molecule is Cc1cc2ncn(CC3CCN(C(=O)c4ccc5ncsc5c4)CC3)c2cc1C. The minimum atomic E-state index is 0.137. The Balaban J connectivity index is 1.25. The van der Waals surface area contributed by atoms with Crippen LogP contribution in [0.15, 0.2) is 42.2 Å². The minimum Gasteiger partial charge on any atom is -0.339 e. The summed E-state index contributed by atoms with van der Waals surface area (Å²) < 4.78 is 3.35. The number of aromatic nitrogens is 3. The van der Waals surface area contributed by atoms with Crippen molar-refractivity contribution >= 4 is 38.5 Å². The summed E-state index contributed by atoms with van der Waals surface area (Å²) in [6.45, 7) is 6.88. The van der Waals surface area contributed by atoms with Crippen LogP contribution in [-0.4, -0.2) is 38.4 Å². The Hall–Kier alpha value is -2.73. The van der Waals surface area contributed by atoms with Gasteiger partial charge in [0.25, 0.3) is 5.91 Å². The molecule has 6 heteroatoms. The number of amides is 1. The normalized spacial score (nSPS) is 15.4. The van der Waals surface area contributed by atoms with Gasteiger partial charge in [-0.2, -0.15) is 0 Å². The average molecular weight is 405 g/mol. The Morgan fingerprint density at radius 1 is 1.07 bits per heavy atom. The molecule has 0 radical (unpaired) electrons. The Kier molecular flexibility index (Phi) is 4.59. The monoisotopic (exact) mass is 404 g/mol. The lowest BCUT2D eigenvalue weighted by Gasteiger charge is -2.32. The predicted molar refractivity (Wildman–Crippen MR) is 117 cm³/mol. The molecule has 3 heterocycles. The Bertz CT molecular complexity index is 1200. The van der Waals surface area contributed by atoms with Crippen molar-refractivity contribution in [3.8, 4) is 0 Å². The summed E-state index contributed by atoms with van der Waals surface area (Å²) in [5, 5.41) is 0. The summed E-state index contributed by atoms with van der Waals surface area (Å²) in [7, 11) is 0. The van der Waals surface area contributed by atoms with Gasteiger partial charge in [-0.15, -0.1) is 11.3 Å². The van der Waals surface area contributed by atoms with E-state index in [0.29, 0.717) is 5.92 Å². The van der Waals surface area contributed by atoms with Crippen LogP contribution in [0.3, 0.4) is 0 Å². The van der Waals surface area contributed by atoms with E-state index in [-0.39, 0.29) is 5.91 Å². The van der Waals surface area contributed by atoms with E-state index in [4.69, 9.17) is 0 Å². The van der Waals surface area contributed by atoms with Gasteiger partial charge in [-0.05, 0) is 74.1 Å². The largest absolute Gasteiger partial charge is 0.339 e. The molecule has 0 atom stereocenters. The number of imidazole rings is 1. The molecular weight excluding hydrogens is 380 g/mol. The summed E-state index contributed by atoms with van der Waals surface area (Å²) >= 11 is 1.58. The summed E-state index contributed by atoms with van der Waals surface area (Å²) in [5.41, 5.74) is 8.43. The van der Waals surface area contributed by atoms with Crippen LogP contribution in [0.5, 0.6) is 0 Å². The number of fused-ring (bicyclic) bond motifs is 2. The van der Waals surface area contributed by atoms with Crippen molar-refractivity contribution in [1.29, 1.82) is 0 Å². The maximum Gasteiger partial charge on any atom is 0.253 e. The third-order valence-corrected chi connectivity index (χ3v) is 6.96. The van der Waals surface area contributed by atoms with E-state index in [2.05, 4.69) is 40.5 Å². The van der Waals surface area contributed by atoms with Crippen LogP contribution in [0.4, 0.5) is 0 Å². The molecule has 1 saturated heterocycles. The molecule has 0 N–H and O–H groups in total. The molecule has 148 valence electrons. The highest BCUT2D eigenvalue weighted by Gasteiger charge is 2.24. The quantitative estimate of drug-likeness (QED) is 0.492. The molecule has 0 spiro atoms. The number of rotatable bonds is 3. The van der Waals surface area contributed by atoms with Crippen LogP contribution < -0.4 is 0 Å². The second-order valence-electron chi connectivity index (χ2n) is 8.09. The molecule has 1 aliphatic heterocycles. The van der Waals surface area contributed by atoms with E-state index in [1.165, 1.54) is 16.6 Å². The minimum absolute atomic E-state index is 0.137. The maximum absolute atomic E-state index is 12.9. The first-order valence-electron chi connectivity index (χ1n) is 10.1. The molecule has 2 aromatic carbocycles. The van der Waals surface area contributed by atoms with Crippen molar-refractivity contribution in [3.05, 3.63) is 58.9 Å². The number of likely N-dealkylation sites (tertiary alicyclic amines) is 1. The van der Waals surface area contributed by atoms with Gasteiger partial charge in [-0.25, -0.2) is 9.97 Å². The summed E-state index contributed by atoms with van der Waals surface area (Å²) in [4.78, 5) is 23.8. The molecule has 1 aliphatic rings. The summed E-state index contributed by atoms with van der Waals surface area (Å²) in [6.07, 6.45) is 4.02. The Morgan fingerprint density at radius 3 is 2.69 bits per heavy atom. The fourth-order valence-electron chi connectivity index (χ4n) is 4.23. The van der Waals surface area contributed by atoms with E-state index in [1.807, 2.05) is 34.9 Å². The van der Waals surface area contributed by atoms with Gasteiger partial charge >= 0.3 is 0 Å². The molecule has 0 bridgehead atoms. The highest BCUT2D eigenvalue weighted by molar-refractivity contribution is 7.16. The average Bonchev–Trinajstić information content (AvgIpc) is 3.35. The van der Waals surface area contributed by atoms with Gasteiger partial charge in [-0.1, -0.05) is 0 Å². The van der Waals surface area contributed by atoms with Gasteiger partial charge in [0.15, 0.2) is 0 Å². The molecule has 1 fully saturated rings. The highest BCUT2D eigenvalue weighted by Crippen LogP contribution is 2.25. The van der Waals surface area contributed by atoms with E-state index >= 15 is 0 Å². The van der Waals surface area contributed by atoms with Crippen molar-refractivity contribution in [2.24, 2.45) is 5.92 Å². The van der Waals surface area contributed by atoms with Gasteiger partial charge in [0.1, 0.15) is 0 Å². The molecule has 1 amide bonds. The van der Waals surface area contributed by atoms with Crippen molar-refractivity contribution < 1.29 is 4.79 Å². The summed E-state index contributed by atoms with van der Waals surface area (Å²) in [6, 6.07) is 10.2. The first kappa shape index (κ1) is 18.3. The predicted octanol–water partition coefficient (Wildman–Crippen LogP) is 4.82. The smallest absolute Gasteiger partial charge is 0.253 e. The number of carbonyl (C=O) groups excluding carboxylic acids is 1. The van der Waals surface area contributed by atoms with Crippen molar-refractivity contribution in [1.82, 2.24) is 19.4 Å². The number of nitrogens with zero attached hydrogens (tertiary/aromatic N) is 4. The Labute approximate surface area is 174 Å². The molecular formula is C23H24N4OS. The third-order valence-electron chi connectivity index (χ3n) is 6.17. The van der Waals surface area contributed by atoms with E-state index in [1.54, 1.807) is 11.3 Å². The Morgan fingerprint density at radius 2 is 1.86 bits per heavy atom. The van der Waals surface area contributed by atoms with Crippen LogP contribution in [0.25, 0.3) is 21.3 Å². The first-order chi connectivity index (χ1) is 14.1. The second-order valence-corrected chi connectivity index (χ2v) is 8.98.